The second-order valence-electron chi connectivity index (χ2n) is 4.31. The number of hydrogen-bond acceptors (Lipinski definition) is 2. The molecular formula is C14H18F2O2. The molecule has 1 aromatic rings. The van der Waals surface area contributed by atoms with Crippen LogP contribution in [0.2, 0.25) is 0 Å². The lowest BCUT2D eigenvalue weighted by molar-refractivity contribution is 0.320. The van der Waals surface area contributed by atoms with E-state index in [-0.39, 0.29) is 18.1 Å². The van der Waals surface area contributed by atoms with Gasteiger partial charge in [-0.05, 0) is 24.5 Å². The third-order valence-corrected chi connectivity index (χ3v) is 2.34. The van der Waals surface area contributed by atoms with Gasteiger partial charge in [0.05, 0.1) is 7.11 Å². The first-order valence-electron chi connectivity index (χ1n) is 5.86. The van der Waals surface area contributed by atoms with Gasteiger partial charge in [0.25, 0.3) is 0 Å². The molecule has 4 heteroatoms. The number of ether oxygens (including phenoxy) is 2. The molecule has 0 radical (unpaired) electrons. The molecule has 0 spiro atoms. The summed E-state index contributed by atoms with van der Waals surface area (Å²) in [7, 11) is 1.28. The SMILES string of the molecule is COc1ccc(OC/C=C/CC(C)C)c(F)c1F. The normalized spacial score (nSPS) is 11.2. The van der Waals surface area contributed by atoms with E-state index in [0.29, 0.717) is 5.92 Å². The molecule has 0 heterocycles. The van der Waals surface area contributed by atoms with Crippen LogP contribution in [0.25, 0.3) is 0 Å². The summed E-state index contributed by atoms with van der Waals surface area (Å²) in [6, 6.07) is 2.69. The molecule has 0 aliphatic rings. The lowest BCUT2D eigenvalue weighted by Gasteiger charge is -2.08. The summed E-state index contributed by atoms with van der Waals surface area (Å²) in [6.45, 7) is 4.42. The summed E-state index contributed by atoms with van der Waals surface area (Å²) < 4.78 is 36.6. The van der Waals surface area contributed by atoms with Crippen molar-refractivity contribution >= 4 is 0 Å². The maximum Gasteiger partial charge on any atom is 0.204 e. The Balaban J connectivity index is 2.58. The molecule has 1 rings (SSSR count). The first-order chi connectivity index (χ1) is 8.56. The number of methoxy groups -OCH3 is 1. The maximum atomic E-state index is 13.5. The topological polar surface area (TPSA) is 18.5 Å². The average molecular weight is 256 g/mol. The van der Waals surface area contributed by atoms with Crippen molar-refractivity contribution in [3.8, 4) is 11.5 Å². The highest BCUT2D eigenvalue weighted by Gasteiger charge is 2.14. The van der Waals surface area contributed by atoms with Crippen LogP contribution < -0.4 is 9.47 Å². The average Bonchev–Trinajstić information content (AvgIpc) is 2.33. The smallest absolute Gasteiger partial charge is 0.204 e. The van der Waals surface area contributed by atoms with Crippen LogP contribution in [0.3, 0.4) is 0 Å². The molecule has 0 amide bonds. The quantitative estimate of drug-likeness (QED) is 0.717. The number of allylic oxidation sites excluding steroid dienone is 1. The van der Waals surface area contributed by atoms with Crippen molar-refractivity contribution in [2.24, 2.45) is 5.92 Å². The number of halogens is 2. The van der Waals surface area contributed by atoms with E-state index in [1.165, 1.54) is 19.2 Å². The summed E-state index contributed by atoms with van der Waals surface area (Å²) >= 11 is 0. The molecule has 0 saturated carbocycles. The predicted octanol–water partition coefficient (Wildman–Crippen LogP) is 3.95. The Bertz CT molecular complexity index is 415. The Morgan fingerprint density at radius 2 is 1.72 bits per heavy atom. The largest absolute Gasteiger partial charge is 0.494 e. The zero-order valence-electron chi connectivity index (χ0n) is 10.9. The Morgan fingerprint density at radius 3 is 2.33 bits per heavy atom. The van der Waals surface area contributed by atoms with Crippen molar-refractivity contribution in [2.45, 2.75) is 20.3 Å². The number of benzene rings is 1. The van der Waals surface area contributed by atoms with Crippen LogP contribution in [0, 0.1) is 17.6 Å². The fraction of sp³-hybridized carbons (Fsp3) is 0.429. The maximum absolute atomic E-state index is 13.5. The third-order valence-electron chi connectivity index (χ3n) is 2.34. The molecule has 0 aromatic heterocycles. The van der Waals surface area contributed by atoms with Gasteiger partial charge in [0, 0.05) is 0 Å². The fourth-order valence-corrected chi connectivity index (χ4v) is 1.36. The van der Waals surface area contributed by atoms with Gasteiger partial charge in [0.15, 0.2) is 11.5 Å². The van der Waals surface area contributed by atoms with E-state index in [1.54, 1.807) is 6.08 Å². The lowest BCUT2D eigenvalue weighted by atomic mass is 10.1. The summed E-state index contributed by atoms with van der Waals surface area (Å²) in [5, 5.41) is 0. The number of hydrogen-bond donors (Lipinski definition) is 0. The minimum atomic E-state index is -1.03. The van der Waals surface area contributed by atoms with Crippen LogP contribution in [0.15, 0.2) is 24.3 Å². The van der Waals surface area contributed by atoms with Crippen molar-refractivity contribution in [1.82, 2.24) is 0 Å². The molecule has 0 unspecified atom stereocenters. The van der Waals surface area contributed by atoms with Gasteiger partial charge in [-0.25, -0.2) is 0 Å². The van der Waals surface area contributed by atoms with Crippen LogP contribution in [-0.2, 0) is 0 Å². The van der Waals surface area contributed by atoms with Crippen molar-refractivity contribution in [3.63, 3.8) is 0 Å². The standard InChI is InChI=1S/C14H18F2O2/c1-10(2)6-4-5-9-18-12-8-7-11(17-3)13(15)14(12)16/h4-5,7-8,10H,6,9H2,1-3H3/b5-4+. The lowest BCUT2D eigenvalue weighted by Crippen LogP contribution is -2.00. The van der Waals surface area contributed by atoms with E-state index >= 15 is 0 Å². The third kappa shape index (κ3) is 4.02. The zero-order chi connectivity index (χ0) is 13.5. The summed E-state index contributed by atoms with van der Waals surface area (Å²) in [6.07, 6.45) is 4.69. The second kappa shape index (κ2) is 6.99. The molecule has 0 bridgehead atoms. The van der Waals surface area contributed by atoms with Gasteiger partial charge in [0.1, 0.15) is 6.61 Å². The van der Waals surface area contributed by atoms with Gasteiger partial charge < -0.3 is 9.47 Å². The highest BCUT2D eigenvalue weighted by atomic mass is 19.2. The minimum absolute atomic E-state index is 0.109. The van der Waals surface area contributed by atoms with Crippen LogP contribution in [0.4, 0.5) is 8.78 Å². The van der Waals surface area contributed by atoms with Gasteiger partial charge in [-0.15, -0.1) is 0 Å². The van der Waals surface area contributed by atoms with Crippen molar-refractivity contribution in [1.29, 1.82) is 0 Å². The monoisotopic (exact) mass is 256 g/mol. The second-order valence-corrected chi connectivity index (χ2v) is 4.31. The molecule has 0 atom stereocenters. The van der Waals surface area contributed by atoms with E-state index < -0.39 is 11.6 Å². The van der Waals surface area contributed by atoms with Crippen molar-refractivity contribution < 1.29 is 18.3 Å². The van der Waals surface area contributed by atoms with Crippen molar-refractivity contribution in [2.75, 3.05) is 13.7 Å². The Morgan fingerprint density at radius 1 is 1.11 bits per heavy atom. The van der Waals surface area contributed by atoms with E-state index in [1.807, 2.05) is 6.08 Å². The summed E-state index contributed by atoms with van der Waals surface area (Å²) in [5.41, 5.74) is 0. The molecule has 1 aromatic carbocycles. The van der Waals surface area contributed by atoms with Crippen LogP contribution >= 0.6 is 0 Å². The Kier molecular flexibility index (Phi) is 5.62. The fourth-order valence-electron chi connectivity index (χ4n) is 1.36. The molecule has 0 fully saturated rings. The highest BCUT2D eigenvalue weighted by Crippen LogP contribution is 2.27. The molecule has 0 N–H and O–H groups in total. The van der Waals surface area contributed by atoms with Gasteiger partial charge >= 0.3 is 0 Å². The van der Waals surface area contributed by atoms with Crippen LogP contribution in [0.1, 0.15) is 20.3 Å². The van der Waals surface area contributed by atoms with Gasteiger partial charge in [-0.3, -0.25) is 0 Å². The molecule has 18 heavy (non-hydrogen) atoms. The van der Waals surface area contributed by atoms with E-state index in [2.05, 4.69) is 18.6 Å². The van der Waals surface area contributed by atoms with Crippen molar-refractivity contribution in [3.05, 3.63) is 35.9 Å². The first-order valence-corrected chi connectivity index (χ1v) is 5.86. The zero-order valence-corrected chi connectivity index (χ0v) is 10.9. The highest BCUT2D eigenvalue weighted by molar-refractivity contribution is 5.35. The predicted molar refractivity (Wildman–Crippen MR) is 67.0 cm³/mol. The molecule has 0 aliphatic heterocycles. The molecular weight excluding hydrogens is 238 g/mol. The minimum Gasteiger partial charge on any atom is -0.494 e. The van der Waals surface area contributed by atoms with Crippen LogP contribution in [-0.4, -0.2) is 13.7 Å². The summed E-state index contributed by atoms with van der Waals surface area (Å²) in [5.74, 6) is -1.72. The molecule has 100 valence electrons. The Labute approximate surface area is 106 Å². The molecule has 0 saturated heterocycles. The van der Waals surface area contributed by atoms with Gasteiger partial charge in [-0.2, -0.15) is 8.78 Å². The van der Waals surface area contributed by atoms with E-state index in [4.69, 9.17) is 4.74 Å². The first kappa shape index (κ1) is 14.5. The number of rotatable bonds is 6. The van der Waals surface area contributed by atoms with E-state index in [0.717, 1.165) is 6.42 Å². The summed E-state index contributed by atoms with van der Waals surface area (Å²) in [4.78, 5) is 0. The van der Waals surface area contributed by atoms with Gasteiger partial charge in [0.2, 0.25) is 11.6 Å². The van der Waals surface area contributed by atoms with E-state index in [9.17, 15) is 8.78 Å². The molecule has 0 aliphatic carbocycles. The molecule has 2 nitrogen and oxygen atoms in total. The van der Waals surface area contributed by atoms with Gasteiger partial charge in [-0.1, -0.05) is 26.0 Å². The Hall–Kier alpha value is -1.58. The van der Waals surface area contributed by atoms with Crippen LogP contribution in [0.5, 0.6) is 11.5 Å².